The first-order chi connectivity index (χ1) is 30.5. The molecule has 1 unspecified atom stereocenters. The molecule has 0 radical (unpaired) electrons. The SMILES string of the molecule is CC/C=C\C/C=C\C/C=C\CCCCCCCCC(=O)OC(COC(=O)CCC/C=C\C/C=C\C/C=C\C/C=C\CCCCC)COC(=O)CCCCCCCCCCCCC. The van der Waals surface area contributed by atoms with Crippen molar-refractivity contribution in [1.82, 2.24) is 0 Å². The fraction of sp³-hybridized carbons (Fsp3) is 0.696. The third-order valence-corrected chi connectivity index (χ3v) is 10.6. The number of carbonyl (C=O) groups excluding carboxylic acids is 3. The molecule has 0 aromatic carbocycles. The van der Waals surface area contributed by atoms with E-state index in [0.717, 1.165) is 96.3 Å². The Bertz CT molecular complexity index is 1220. The van der Waals surface area contributed by atoms with Crippen LogP contribution >= 0.6 is 0 Å². The number of allylic oxidation sites excluding steroid dienone is 14. The molecule has 0 spiro atoms. The molecule has 0 N–H and O–H groups in total. The maximum absolute atomic E-state index is 12.8. The summed E-state index contributed by atoms with van der Waals surface area (Å²) in [6, 6.07) is 0. The van der Waals surface area contributed by atoms with Crippen molar-refractivity contribution in [2.75, 3.05) is 13.2 Å². The summed E-state index contributed by atoms with van der Waals surface area (Å²) in [5.41, 5.74) is 0. The summed E-state index contributed by atoms with van der Waals surface area (Å²) in [5, 5.41) is 0. The molecular formula is C56H94O6. The van der Waals surface area contributed by atoms with Gasteiger partial charge in [0.05, 0.1) is 0 Å². The zero-order chi connectivity index (χ0) is 45.1. The number of rotatable bonds is 45. The lowest BCUT2D eigenvalue weighted by molar-refractivity contribution is -0.167. The molecule has 62 heavy (non-hydrogen) atoms. The van der Waals surface area contributed by atoms with E-state index in [-0.39, 0.29) is 37.5 Å². The molecular weight excluding hydrogens is 769 g/mol. The van der Waals surface area contributed by atoms with Gasteiger partial charge in [-0.25, -0.2) is 0 Å². The lowest BCUT2D eigenvalue weighted by Crippen LogP contribution is -2.30. The lowest BCUT2D eigenvalue weighted by atomic mass is 10.1. The van der Waals surface area contributed by atoms with Crippen molar-refractivity contribution >= 4 is 17.9 Å². The van der Waals surface area contributed by atoms with Crippen LogP contribution in [0.3, 0.4) is 0 Å². The van der Waals surface area contributed by atoms with Gasteiger partial charge in [0.15, 0.2) is 6.10 Å². The van der Waals surface area contributed by atoms with E-state index in [9.17, 15) is 14.4 Å². The van der Waals surface area contributed by atoms with Crippen molar-refractivity contribution in [3.05, 3.63) is 85.1 Å². The molecule has 6 heteroatoms. The summed E-state index contributed by atoms with van der Waals surface area (Å²) in [6.07, 6.45) is 64.2. The third-order valence-electron chi connectivity index (χ3n) is 10.6. The topological polar surface area (TPSA) is 78.9 Å². The number of unbranched alkanes of at least 4 members (excludes halogenated alkanes) is 20. The van der Waals surface area contributed by atoms with Crippen LogP contribution in [0, 0.1) is 0 Å². The Morgan fingerprint density at radius 3 is 1.08 bits per heavy atom. The first kappa shape index (κ1) is 58.6. The van der Waals surface area contributed by atoms with Gasteiger partial charge in [-0.15, -0.1) is 0 Å². The van der Waals surface area contributed by atoms with Crippen LogP contribution in [0.4, 0.5) is 0 Å². The van der Waals surface area contributed by atoms with E-state index < -0.39 is 6.10 Å². The first-order valence-corrected chi connectivity index (χ1v) is 25.6. The molecule has 0 aliphatic carbocycles. The summed E-state index contributed by atoms with van der Waals surface area (Å²) >= 11 is 0. The Hall–Kier alpha value is -3.41. The predicted octanol–water partition coefficient (Wildman–Crippen LogP) is 16.8. The Morgan fingerprint density at radius 1 is 0.339 bits per heavy atom. The molecule has 0 rings (SSSR count). The van der Waals surface area contributed by atoms with Crippen molar-refractivity contribution in [2.45, 2.75) is 239 Å². The number of hydrogen-bond donors (Lipinski definition) is 0. The minimum absolute atomic E-state index is 0.0981. The second kappa shape index (κ2) is 50.2. The van der Waals surface area contributed by atoms with E-state index in [1.54, 1.807) is 0 Å². The van der Waals surface area contributed by atoms with Crippen molar-refractivity contribution < 1.29 is 28.6 Å². The van der Waals surface area contributed by atoms with Gasteiger partial charge in [0.1, 0.15) is 13.2 Å². The molecule has 0 heterocycles. The smallest absolute Gasteiger partial charge is 0.306 e. The molecule has 354 valence electrons. The number of hydrogen-bond acceptors (Lipinski definition) is 6. The predicted molar refractivity (Wildman–Crippen MR) is 265 cm³/mol. The Kier molecular flexibility index (Phi) is 47.5. The van der Waals surface area contributed by atoms with Crippen LogP contribution in [0.2, 0.25) is 0 Å². The Balaban J connectivity index is 4.48. The van der Waals surface area contributed by atoms with Gasteiger partial charge in [-0.1, -0.05) is 209 Å². The van der Waals surface area contributed by atoms with Crippen LogP contribution in [0.1, 0.15) is 233 Å². The van der Waals surface area contributed by atoms with Gasteiger partial charge >= 0.3 is 17.9 Å². The maximum Gasteiger partial charge on any atom is 0.306 e. The van der Waals surface area contributed by atoms with Crippen LogP contribution in [0.5, 0.6) is 0 Å². The minimum Gasteiger partial charge on any atom is -0.462 e. The second-order valence-electron chi connectivity index (χ2n) is 16.7. The van der Waals surface area contributed by atoms with Gasteiger partial charge in [0, 0.05) is 19.3 Å². The molecule has 0 amide bonds. The molecule has 0 aliphatic rings. The molecule has 0 bridgehead atoms. The normalized spacial score (nSPS) is 12.8. The number of carbonyl (C=O) groups is 3. The first-order valence-electron chi connectivity index (χ1n) is 25.6. The number of ether oxygens (including phenoxy) is 3. The van der Waals surface area contributed by atoms with Gasteiger partial charge in [-0.05, 0) is 89.9 Å². The highest BCUT2D eigenvalue weighted by Crippen LogP contribution is 2.14. The van der Waals surface area contributed by atoms with E-state index in [0.29, 0.717) is 19.3 Å². The van der Waals surface area contributed by atoms with Gasteiger partial charge in [0.2, 0.25) is 0 Å². The van der Waals surface area contributed by atoms with Crippen molar-refractivity contribution in [2.24, 2.45) is 0 Å². The lowest BCUT2D eigenvalue weighted by Gasteiger charge is -2.18. The van der Waals surface area contributed by atoms with Crippen LogP contribution in [-0.2, 0) is 28.6 Å². The van der Waals surface area contributed by atoms with Gasteiger partial charge in [0.25, 0.3) is 0 Å². The fourth-order valence-electron chi connectivity index (χ4n) is 6.80. The summed E-state index contributed by atoms with van der Waals surface area (Å²) in [6.45, 7) is 6.43. The number of esters is 3. The molecule has 0 saturated heterocycles. The van der Waals surface area contributed by atoms with Crippen molar-refractivity contribution in [3.63, 3.8) is 0 Å². The monoisotopic (exact) mass is 863 g/mol. The van der Waals surface area contributed by atoms with Crippen LogP contribution in [0.25, 0.3) is 0 Å². The largest absolute Gasteiger partial charge is 0.462 e. The van der Waals surface area contributed by atoms with Crippen LogP contribution < -0.4 is 0 Å². The molecule has 0 aliphatic heterocycles. The maximum atomic E-state index is 12.8. The third kappa shape index (κ3) is 47.6. The average molecular weight is 863 g/mol. The fourth-order valence-corrected chi connectivity index (χ4v) is 6.80. The Morgan fingerprint density at radius 2 is 0.645 bits per heavy atom. The van der Waals surface area contributed by atoms with Crippen LogP contribution in [-0.4, -0.2) is 37.2 Å². The minimum atomic E-state index is -0.803. The van der Waals surface area contributed by atoms with Crippen molar-refractivity contribution in [1.29, 1.82) is 0 Å². The standard InChI is InChI=1S/C56H94O6/c1-4-7-10-13-16-19-22-24-26-28-30-31-34-37-40-43-46-49-55(58)61-52-53(51-60-54(57)48-45-42-39-36-33-21-18-15-12-9-6-3)62-56(59)50-47-44-41-38-35-32-29-27-25-23-20-17-14-11-8-5-2/h8,11,16-17,19-20,24-27,30-31,37,40,53H,4-7,9-10,12-15,18,21-23,28-29,32-36,38-39,41-52H2,1-3H3/b11-8-,19-16-,20-17-,26-24-,27-25-,31-30-,40-37-. The van der Waals surface area contributed by atoms with E-state index >= 15 is 0 Å². The molecule has 0 aromatic rings. The molecule has 0 saturated carbocycles. The zero-order valence-corrected chi connectivity index (χ0v) is 40.4. The highest BCUT2D eigenvalue weighted by molar-refractivity contribution is 5.71. The molecule has 0 aromatic heterocycles. The van der Waals surface area contributed by atoms with Gasteiger partial charge in [-0.2, -0.15) is 0 Å². The van der Waals surface area contributed by atoms with E-state index in [1.807, 2.05) is 0 Å². The van der Waals surface area contributed by atoms with Crippen molar-refractivity contribution in [3.8, 4) is 0 Å². The summed E-state index contributed by atoms with van der Waals surface area (Å²) in [4.78, 5) is 37.9. The van der Waals surface area contributed by atoms with E-state index in [4.69, 9.17) is 14.2 Å². The Labute approximate surface area is 382 Å². The van der Waals surface area contributed by atoms with Gasteiger partial charge in [-0.3, -0.25) is 14.4 Å². The highest BCUT2D eigenvalue weighted by Gasteiger charge is 2.19. The van der Waals surface area contributed by atoms with Gasteiger partial charge < -0.3 is 14.2 Å². The molecule has 6 nitrogen and oxygen atoms in total. The average Bonchev–Trinajstić information content (AvgIpc) is 3.27. The summed E-state index contributed by atoms with van der Waals surface area (Å²) < 4.78 is 16.7. The van der Waals surface area contributed by atoms with E-state index in [1.165, 1.54) is 89.9 Å². The summed E-state index contributed by atoms with van der Waals surface area (Å²) in [5.74, 6) is -0.972. The zero-order valence-electron chi connectivity index (χ0n) is 40.4. The second-order valence-corrected chi connectivity index (χ2v) is 16.7. The molecule has 0 fully saturated rings. The molecule has 1 atom stereocenters. The summed E-state index contributed by atoms with van der Waals surface area (Å²) in [7, 11) is 0. The highest BCUT2D eigenvalue weighted by atomic mass is 16.6. The van der Waals surface area contributed by atoms with Crippen LogP contribution in [0.15, 0.2) is 85.1 Å². The van der Waals surface area contributed by atoms with E-state index in [2.05, 4.69) is 106 Å². The quantitative estimate of drug-likeness (QED) is 0.0263.